The molecule has 0 aliphatic heterocycles. The third-order valence-corrected chi connectivity index (χ3v) is 5.74. The normalized spacial score (nSPS) is 13.8. The number of rotatable bonds is 14. The van der Waals surface area contributed by atoms with Gasteiger partial charge in [-0.3, -0.25) is 9.59 Å². The van der Waals surface area contributed by atoms with Crippen molar-refractivity contribution in [3.05, 3.63) is 23.8 Å². The molecule has 0 spiro atoms. The molecule has 3 N–H and O–H groups in total. The van der Waals surface area contributed by atoms with Crippen molar-refractivity contribution >= 4 is 24.2 Å². The minimum atomic E-state index is -1.83. The Labute approximate surface area is 236 Å². The molecule has 0 bridgehead atoms. The molecule has 11 nitrogen and oxygen atoms in total. The first-order valence-corrected chi connectivity index (χ1v) is 13.5. The van der Waals surface area contributed by atoms with E-state index in [0.29, 0.717) is 30.2 Å². The molecule has 0 fully saturated rings. The van der Waals surface area contributed by atoms with Crippen LogP contribution in [-0.4, -0.2) is 54.2 Å². The molecule has 11 heteroatoms. The summed E-state index contributed by atoms with van der Waals surface area (Å²) in [6, 6.07) is 4.18. The van der Waals surface area contributed by atoms with Crippen LogP contribution in [0.4, 0.5) is 9.59 Å². The molecule has 0 saturated carbocycles. The molecule has 1 aromatic carbocycles. The molecular formula is C29H45NO10. The summed E-state index contributed by atoms with van der Waals surface area (Å²) in [5.41, 5.74) is 4.04. The predicted octanol–water partition coefficient (Wildman–Crippen LogP) is 5.50. The summed E-state index contributed by atoms with van der Waals surface area (Å²) in [4.78, 5) is 49.0. The largest absolute Gasteiger partial charge is 0.513 e. The minimum absolute atomic E-state index is 0.121. The third-order valence-electron chi connectivity index (χ3n) is 5.74. The second kappa shape index (κ2) is 15.4. The molecule has 1 rings (SSSR count). The first kappa shape index (κ1) is 34.7. The zero-order valence-corrected chi connectivity index (χ0v) is 24.9. The number of nitrogens with two attached hydrogens (primary N) is 1. The number of aliphatic carboxylic acids is 1. The molecule has 0 saturated heterocycles. The fraction of sp³-hybridized carbons (Fsp3) is 0.655. The van der Waals surface area contributed by atoms with E-state index in [1.165, 1.54) is 18.2 Å². The van der Waals surface area contributed by atoms with Gasteiger partial charge in [-0.2, -0.15) is 0 Å². The van der Waals surface area contributed by atoms with Gasteiger partial charge in [0, 0.05) is 12.8 Å². The number of esters is 1. The van der Waals surface area contributed by atoms with Crippen LogP contribution in [0.2, 0.25) is 0 Å². The van der Waals surface area contributed by atoms with Crippen molar-refractivity contribution in [3.8, 4) is 11.5 Å². The van der Waals surface area contributed by atoms with Gasteiger partial charge in [0.15, 0.2) is 11.5 Å². The number of carboxylic acids is 1. The van der Waals surface area contributed by atoms with Gasteiger partial charge in [-0.15, -0.1) is 0 Å². The van der Waals surface area contributed by atoms with Gasteiger partial charge in [0.25, 0.3) is 0 Å². The van der Waals surface area contributed by atoms with Crippen LogP contribution in [0.1, 0.15) is 80.2 Å². The Morgan fingerprint density at radius 2 is 1.35 bits per heavy atom. The van der Waals surface area contributed by atoms with Gasteiger partial charge in [0.1, 0.15) is 11.6 Å². The number of benzene rings is 1. The van der Waals surface area contributed by atoms with E-state index >= 15 is 0 Å². The standard InChI is InChI=1S/C29H45NO10/c1-18(2)11-13-36-26(34)39-22-10-9-21(15-23(22)40-27(35)37-14-12-19(3)4)17-29(30,24(31)32)16-20(5)38-25(33)28(6,7)8/h9-10,15,18-20H,11-14,16-17,30H2,1-8H3,(H,31,32)/t20-,29?/m0/s1. The molecule has 0 amide bonds. The zero-order valence-electron chi connectivity index (χ0n) is 24.9. The molecule has 1 unspecified atom stereocenters. The van der Waals surface area contributed by atoms with Crippen molar-refractivity contribution in [3.63, 3.8) is 0 Å². The molecule has 0 aliphatic rings. The van der Waals surface area contributed by atoms with Gasteiger partial charge in [-0.1, -0.05) is 33.8 Å². The van der Waals surface area contributed by atoms with Crippen LogP contribution in [-0.2, 0) is 30.2 Å². The smallest absolute Gasteiger partial charge is 0.480 e. The fourth-order valence-corrected chi connectivity index (χ4v) is 3.33. The lowest BCUT2D eigenvalue weighted by Gasteiger charge is -2.29. The van der Waals surface area contributed by atoms with Crippen molar-refractivity contribution in [1.82, 2.24) is 0 Å². The number of hydrogen-bond donors (Lipinski definition) is 2. The summed E-state index contributed by atoms with van der Waals surface area (Å²) in [7, 11) is 0. The topological polar surface area (TPSA) is 161 Å². The predicted molar refractivity (Wildman–Crippen MR) is 147 cm³/mol. The van der Waals surface area contributed by atoms with Crippen LogP contribution in [0.3, 0.4) is 0 Å². The summed E-state index contributed by atoms with van der Waals surface area (Å²) in [6.07, 6.45) is -1.93. The number of ether oxygens (including phenoxy) is 5. The van der Waals surface area contributed by atoms with Crippen LogP contribution in [0.25, 0.3) is 0 Å². The van der Waals surface area contributed by atoms with Crippen LogP contribution >= 0.6 is 0 Å². The van der Waals surface area contributed by atoms with Gasteiger partial charge >= 0.3 is 24.2 Å². The van der Waals surface area contributed by atoms with E-state index in [1.54, 1.807) is 27.7 Å². The number of hydrogen-bond acceptors (Lipinski definition) is 10. The second-order valence-electron chi connectivity index (χ2n) is 11.9. The average Bonchev–Trinajstić information content (AvgIpc) is 2.79. The van der Waals surface area contributed by atoms with E-state index in [9.17, 15) is 24.3 Å². The zero-order chi connectivity index (χ0) is 30.7. The Morgan fingerprint density at radius 3 is 1.80 bits per heavy atom. The quantitative estimate of drug-likeness (QED) is 0.166. The Kier molecular flexibility index (Phi) is 13.4. The maximum absolute atomic E-state index is 12.3. The molecule has 0 aliphatic carbocycles. The van der Waals surface area contributed by atoms with Crippen LogP contribution in [0.15, 0.2) is 18.2 Å². The van der Waals surface area contributed by atoms with Crippen LogP contribution < -0.4 is 15.2 Å². The highest BCUT2D eigenvalue weighted by atomic mass is 16.7. The number of carbonyl (C=O) groups excluding carboxylic acids is 3. The molecule has 0 radical (unpaired) electrons. The molecule has 226 valence electrons. The van der Waals surface area contributed by atoms with Crippen molar-refractivity contribution < 1.29 is 48.0 Å². The van der Waals surface area contributed by atoms with E-state index < -0.39 is 41.3 Å². The Bertz CT molecular complexity index is 1010. The van der Waals surface area contributed by atoms with Crippen LogP contribution in [0.5, 0.6) is 11.5 Å². The van der Waals surface area contributed by atoms with Crippen molar-refractivity contribution in [2.75, 3.05) is 13.2 Å². The van der Waals surface area contributed by atoms with Gasteiger partial charge < -0.3 is 34.5 Å². The molecule has 0 aromatic heterocycles. The molecular weight excluding hydrogens is 522 g/mol. The lowest BCUT2D eigenvalue weighted by Crippen LogP contribution is -2.52. The second-order valence-corrected chi connectivity index (χ2v) is 11.9. The lowest BCUT2D eigenvalue weighted by molar-refractivity contribution is -0.160. The highest BCUT2D eigenvalue weighted by Crippen LogP contribution is 2.32. The number of carbonyl (C=O) groups is 4. The monoisotopic (exact) mass is 567 g/mol. The van der Waals surface area contributed by atoms with E-state index in [-0.39, 0.29) is 37.6 Å². The summed E-state index contributed by atoms with van der Waals surface area (Å²) < 4.78 is 26.1. The highest BCUT2D eigenvalue weighted by Gasteiger charge is 2.38. The van der Waals surface area contributed by atoms with Crippen molar-refractivity contribution in [2.45, 2.75) is 92.7 Å². The first-order valence-electron chi connectivity index (χ1n) is 13.5. The van der Waals surface area contributed by atoms with Gasteiger partial charge in [0.05, 0.1) is 18.6 Å². The minimum Gasteiger partial charge on any atom is -0.480 e. The highest BCUT2D eigenvalue weighted by molar-refractivity contribution is 5.79. The lowest BCUT2D eigenvalue weighted by atomic mass is 9.86. The maximum Gasteiger partial charge on any atom is 0.513 e. The Morgan fingerprint density at radius 1 is 0.850 bits per heavy atom. The van der Waals surface area contributed by atoms with E-state index in [4.69, 9.17) is 29.4 Å². The third kappa shape index (κ3) is 12.7. The van der Waals surface area contributed by atoms with Gasteiger partial charge in [0.2, 0.25) is 0 Å². The van der Waals surface area contributed by atoms with E-state index in [1.807, 2.05) is 27.7 Å². The Balaban J connectivity index is 3.16. The summed E-state index contributed by atoms with van der Waals surface area (Å²) in [6.45, 7) is 14.8. The molecule has 0 heterocycles. The van der Waals surface area contributed by atoms with Crippen LogP contribution in [0, 0.1) is 17.3 Å². The summed E-state index contributed by atoms with van der Waals surface area (Å²) in [5, 5.41) is 9.93. The van der Waals surface area contributed by atoms with Gasteiger partial charge in [-0.05, 0) is 70.1 Å². The fourth-order valence-electron chi connectivity index (χ4n) is 3.33. The maximum atomic E-state index is 12.3. The van der Waals surface area contributed by atoms with E-state index in [2.05, 4.69) is 0 Å². The van der Waals surface area contributed by atoms with Crippen molar-refractivity contribution in [1.29, 1.82) is 0 Å². The molecule has 1 aromatic rings. The Hall–Kier alpha value is -3.34. The SMILES string of the molecule is CC(C)CCOC(=O)Oc1ccc(CC(N)(C[C@H](C)OC(=O)C(C)(C)C)C(=O)O)cc1OC(=O)OCCC(C)C. The molecule has 2 atom stereocenters. The van der Waals surface area contributed by atoms with E-state index in [0.717, 1.165) is 0 Å². The van der Waals surface area contributed by atoms with Crippen molar-refractivity contribution in [2.24, 2.45) is 23.0 Å². The van der Waals surface area contributed by atoms with Gasteiger partial charge in [-0.25, -0.2) is 9.59 Å². The summed E-state index contributed by atoms with van der Waals surface area (Å²) in [5.74, 6) is -1.47. The molecule has 40 heavy (non-hydrogen) atoms. The summed E-state index contributed by atoms with van der Waals surface area (Å²) >= 11 is 0. The first-order chi connectivity index (χ1) is 18.4. The average molecular weight is 568 g/mol. The number of carboxylic acid groups (broad SMARTS) is 1.